The Hall–Kier alpha value is -2.46. The van der Waals surface area contributed by atoms with Crippen LogP contribution in [0.15, 0.2) is 24.3 Å². The van der Waals surface area contributed by atoms with Gasteiger partial charge in [-0.15, -0.1) is 0 Å². The molecule has 3 N–H and O–H groups in total. The lowest BCUT2D eigenvalue weighted by Gasteiger charge is -2.21. The molecule has 0 radical (unpaired) electrons. The van der Waals surface area contributed by atoms with E-state index in [2.05, 4.69) is 58.9 Å². The van der Waals surface area contributed by atoms with Crippen LogP contribution in [0.1, 0.15) is 458 Å². The summed E-state index contributed by atoms with van der Waals surface area (Å²) in [6.07, 6.45) is 78.5. The summed E-state index contributed by atoms with van der Waals surface area (Å²) >= 11 is 0. The lowest BCUT2D eigenvalue weighted by Crippen LogP contribution is -2.30. The van der Waals surface area contributed by atoms with Crippen LogP contribution in [0.2, 0.25) is 0 Å². The van der Waals surface area contributed by atoms with Gasteiger partial charge in [0.1, 0.15) is 19.3 Å². The fourth-order valence-electron chi connectivity index (χ4n) is 13.4. The standard InChI is InChI=1S/C89H170O17P2/c1-6-10-13-16-19-22-25-28-30-31-35-39-43-48-53-58-63-68-73-87(92)100-79-85(106-89(94)75-70-65-60-55-50-45-40-36-33-32-34-38-42-46-51-56-61-66-71-82(5)9-4)81-104-108(97,98)102-77-83(90)76-101-107(95,96)103-80-84(78-99-86(91)72-67-62-57-52-47-41-27-24-21-18-15-12-8-3)105-88(93)74-69-64-59-54-49-44-37-29-26-23-20-17-14-11-7-2/h23,26,29,37,82-85,90H,6-22,24-25,27-28,30-36,38-81H2,1-5H3,(H,95,96)(H,97,98)/b26-23-,37-29-/t82?,83-,84+,85+/m0/s1. The normalized spacial score (nSPS) is 14.1. The second kappa shape index (κ2) is 81.1. The quantitative estimate of drug-likeness (QED) is 0.0169. The van der Waals surface area contributed by atoms with E-state index in [4.69, 9.17) is 37.0 Å². The molecule has 19 heteroatoms. The average molecular weight is 1570 g/mol. The fraction of sp³-hybridized carbons (Fsp3) is 0.910. The highest BCUT2D eigenvalue weighted by atomic mass is 31.2. The van der Waals surface area contributed by atoms with Crippen molar-refractivity contribution in [2.75, 3.05) is 39.6 Å². The number of phosphoric acid groups is 2. The number of hydrogen-bond donors (Lipinski definition) is 3. The van der Waals surface area contributed by atoms with Crippen LogP contribution < -0.4 is 0 Å². The van der Waals surface area contributed by atoms with Gasteiger partial charge in [-0.2, -0.15) is 0 Å². The summed E-state index contributed by atoms with van der Waals surface area (Å²) in [6.45, 7) is 7.39. The molecule has 0 amide bonds. The summed E-state index contributed by atoms with van der Waals surface area (Å²) in [5.41, 5.74) is 0. The van der Waals surface area contributed by atoms with E-state index in [0.717, 1.165) is 109 Å². The molecule has 0 aliphatic carbocycles. The maximum Gasteiger partial charge on any atom is 0.472 e. The van der Waals surface area contributed by atoms with Crippen LogP contribution in [0.3, 0.4) is 0 Å². The van der Waals surface area contributed by atoms with Gasteiger partial charge in [-0.3, -0.25) is 37.3 Å². The minimum atomic E-state index is -4.97. The number of aliphatic hydroxyl groups is 1. The van der Waals surface area contributed by atoms with E-state index < -0.39 is 97.5 Å². The number of rotatable bonds is 87. The molecule has 0 aromatic rings. The summed E-state index contributed by atoms with van der Waals surface area (Å²) in [7, 11) is -9.94. The van der Waals surface area contributed by atoms with Crippen LogP contribution in [0.25, 0.3) is 0 Å². The van der Waals surface area contributed by atoms with Crippen LogP contribution >= 0.6 is 15.6 Å². The highest BCUT2D eigenvalue weighted by molar-refractivity contribution is 7.47. The molecule has 0 aromatic heterocycles. The Labute approximate surface area is 663 Å². The summed E-state index contributed by atoms with van der Waals surface area (Å²) < 4.78 is 69.0. The molecule has 638 valence electrons. The van der Waals surface area contributed by atoms with Gasteiger partial charge in [0.15, 0.2) is 12.2 Å². The Balaban J connectivity index is 5.28. The summed E-state index contributed by atoms with van der Waals surface area (Å²) in [5, 5.41) is 10.7. The molecule has 0 heterocycles. The van der Waals surface area contributed by atoms with Gasteiger partial charge in [0.25, 0.3) is 0 Å². The van der Waals surface area contributed by atoms with E-state index >= 15 is 0 Å². The van der Waals surface area contributed by atoms with Gasteiger partial charge in [-0.25, -0.2) is 9.13 Å². The second-order valence-corrected chi connectivity index (χ2v) is 34.5. The minimum Gasteiger partial charge on any atom is -0.462 e. The minimum absolute atomic E-state index is 0.0860. The molecule has 108 heavy (non-hydrogen) atoms. The summed E-state index contributed by atoms with van der Waals surface area (Å²) in [4.78, 5) is 73.3. The van der Waals surface area contributed by atoms with Crippen molar-refractivity contribution in [3.05, 3.63) is 24.3 Å². The lowest BCUT2D eigenvalue weighted by atomic mass is 9.99. The number of unbranched alkanes of at least 4 members (excludes halogenated alkanes) is 55. The Morgan fingerprint density at radius 2 is 0.519 bits per heavy atom. The molecule has 0 aliphatic rings. The topological polar surface area (TPSA) is 237 Å². The van der Waals surface area contributed by atoms with E-state index in [1.807, 2.05) is 0 Å². The SMILES string of the molecule is CCCCCC/C=C\C=C/CCCCCCCC(=O)O[C@H](COC(=O)CCCCCCCCCCCCCCC)COP(=O)(O)OC[C@H](O)COP(=O)(O)OC[C@@H](COC(=O)CCCCCCCCCCCCCCCCCCCC)OC(=O)CCCCCCCCCCCCCCCCCCCCC(C)CC. The molecule has 0 bridgehead atoms. The number of carbonyl (C=O) groups excluding carboxylic acids is 4. The van der Waals surface area contributed by atoms with E-state index in [1.165, 1.54) is 270 Å². The van der Waals surface area contributed by atoms with Gasteiger partial charge in [-0.05, 0) is 57.3 Å². The Morgan fingerprint density at radius 1 is 0.296 bits per heavy atom. The van der Waals surface area contributed by atoms with E-state index in [9.17, 15) is 43.2 Å². The van der Waals surface area contributed by atoms with Gasteiger partial charge in [0.05, 0.1) is 26.4 Å². The summed E-state index contributed by atoms with van der Waals surface area (Å²) in [5.74, 6) is -1.26. The van der Waals surface area contributed by atoms with Crippen molar-refractivity contribution >= 4 is 39.5 Å². The van der Waals surface area contributed by atoms with Crippen molar-refractivity contribution in [2.24, 2.45) is 5.92 Å². The first-order valence-electron chi connectivity index (χ1n) is 45.5. The molecule has 17 nitrogen and oxygen atoms in total. The zero-order valence-electron chi connectivity index (χ0n) is 70.5. The van der Waals surface area contributed by atoms with Crippen LogP contribution in [-0.4, -0.2) is 96.7 Å². The van der Waals surface area contributed by atoms with E-state index in [0.29, 0.717) is 25.7 Å². The third kappa shape index (κ3) is 80.2. The molecule has 0 aromatic carbocycles. The Morgan fingerprint density at radius 3 is 0.787 bits per heavy atom. The maximum absolute atomic E-state index is 13.2. The van der Waals surface area contributed by atoms with Crippen LogP contribution in [0, 0.1) is 5.92 Å². The molecule has 6 atom stereocenters. The van der Waals surface area contributed by atoms with Crippen molar-refractivity contribution in [2.45, 2.75) is 477 Å². The zero-order valence-corrected chi connectivity index (χ0v) is 72.3. The fourth-order valence-corrected chi connectivity index (χ4v) is 15.0. The van der Waals surface area contributed by atoms with Gasteiger partial charge in [0, 0.05) is 25.7 Å². The largest absolute Gasteiger partial charge is 0.472 e. The van der Waals surface area contributed by atoms with Gasteiger partial charge in [-0.1, -0.05) is 406 Å². The first-order chi connectivity index (χ1) is 52.6. The predicted molar refractivity (Wildman–Crippen MR) is 446 cm³/mol. The van der Waals surface area contributed by atoms with Crippen LogP contribution in [-0.2, 0) is 65.4 Å². The molecule has 0 saturated heterocycles. The molecule has 0 fully saturated rings. The second-order valence-electron chi connectivity index (χ2n) is 31.5. The van der Waals surface area contributed by atoms with Crippen molar-refractivity contribution < 1.29 is 80.2 Å². The smallest absolute Gasteiger partial charge is 0.462 e. The van der Waals surface area contributed by atoms with Crippen molar-refractivity contribution in [1.29, 1.82) is 0 Å². The third-order valence-electron chi connectivity index (χ3n) is 20.8. The monoisotopic (exact) mass is 1570 g/mol. The predicted octanol–water partition coefficient (Wildman–Crippen LogP) is 27.1. The molecular weight excluding hydrogens is 1400 g/mol. The number of aliphatic hydroxyl groups excluding tert-OH is 1. The number of ether oxygens (including phenoxy) is 4. The number of carbonyl (C=O) groups is 4. The Bertz CT molecular complexity index is 2150. The maximum atomic E-state index is 13.2. The van der Waals surface area contributed by atoms with Crippen LogP contribution in [0.5, 0.6) is 0 Å². The van der Waals surface area contributed by atoms with E-state index in [1.54, 1.807) is 0 Å². The highest BCUT2D eigenvalue weighted by Crippen LogP contribution is 2.45. The van der Waals surface area contributed by atoms with Crippen LogP contribution in [0.4, 0.5) is 0 Å². The molecule has 0 spiro atoms. The van der Waals surface area contributed by atoms with Crippen molar-refractivity contribution in [3.8, 4) is 0 Å². The third-order valence-corrected chi connectivity index (χ3v) is 22.7. The van der Waals surface area contributed by atoms with Gasteiger partial charge < -0.3 is 33.8 Å². The molecular formula is C89H170O17P2. The van der Waals surface area contributed by atoms with Gasteiger partial charge >= 0.3 is 39.5 Å². The number of esters is 4. The number of hydrogen-bond acceptors (Lipinski definition) is 15. The molecule has 0 rings (SSSR count). The molecule has 3 unspecified atom stereocenters. The first kappa shape index (κ1) is 106. The van der Waals surface area contributed by atoms with Crippen molar-refractivity contribution in [3.63, 3.8) is 0 Å². The first-order valence-corrected chi connectivity index (χ1v) is 48.5. The number of allylic oxidation sites excluding steroid dienone is 4. The molecule has 0 saturated carbocycles. The lowest BCUT2D eigenvalue weighted by molar-refractivity contribution is -0.161. The summed E-state index contributed by atoms with van der Waals surface area (Å²) in [6, 6.07) is 0. The highest BCUT2D eigenvalue weighted by Gasteiger charge is 2.30. The molecule has 0 aliphatic heterocycles. The number of phosphoric ester groups is 2. The zero-order chi connectivity index (χ0) is 79.0. The van der Waals surface area contributed by atoms with E-state index in [-0.39, 0.29) is 25.7 Å². The van der Waals surface area contributed by atoms with Crippen molar-refractivity contribution in [1.82, 2.24) is 0 Å². The average Bonchev–Trinajstić information content (AvgIpc) is 0.902. The van der Waals surface area contributed by atoms with Gasteiger partial charge in [0.2, 0.25) is 0 Å². The Kier molecular flexibility index (Phi) is 79.3.